The van der Waals surface area contributed by atoms with Crippen LogP contribution in [0.3, 0.4) is 0 Å². The van der Waals surface area contributed by atoms with E-state index in [9.17, 15) is 9.59 Å². The van der Waals surface area contributed by atoms with Crippen molar-refractivity contribution in [2.45, 2.75) is 19.8 Å². The number of benzene rings is 2. The number of carbonyl (C=O) groups is 2. The molecule has 170 valence electrons. The van der Waals surface area contributed by atoms with Gasteiger partial charge in [-0.1, -0.05) is 18.5 Å². The second kappa shape index (κ2) is 11.2. The van der Waals surface area contributed by atoms with Crippen molar-refractivity contribution in [1.29, 1.82) is 0 Å². The minimum Gasteiger partial charge on any atom is -0.496 e. The molecular weight excluding hydrogens is 448 g/mol. The van der Waals surface area contributed by atoms with Gasteiger partial charge < -0.3 is 25.2 Å². The van der Waals surface area contributed by atoms with Crippen molar-refractivity contribution in [1.82, 2.24) is 10.2 Å². The highest BCUT2D eigenvalue weighted by atomic mass is 35.5. The number of carbonyl (C=O) groups excluding carboxylic acids is 2. The lowest BCUT2D eigenvalue weighted by molar-refractivity contribution is -0.119. The molecule has 0 unspecified atom stereocenters. The summed E-state index contributed by atoms with van der Waals surface area (Å²) in [6.07, 6.45) is 1.22. The molecule has 0 saturated carbocycles. The second-order valence-corrected chi connectivity index (χ2v) is 8.27. The van der Waals surface area contributed by atoms with Gasteiger partial charge in [0.2, 0.25) is 5.91 Å². The maximum absolute atomic E-state index is 13.0. The van der Waals surface area contributed by atoms with Gasteiger partial charge in [-0.15, -0.1) is 0 Å². The Morgan fingerprint density at radius 2 is 1.78 bits per heavy atom. The number of piperazine rings is 1. The highest BCUT2D eigenvalue weighted by Crippen LogP contribution is 2.25. The number of thiocarbonyl (C=S) groups is 1. The quantitative estimate of drug-likeness (QED) is 0.618. The summed E-state index contributed by atoms with van der Waals surface area (Å²) in [6, 6.07) is 12.9. The Kier molecular flexibility index (Phi) is 8.30. The predicted octanol–water partition coefficient (Wildman–Crippen LogP) is 3.92. The van der Waals surface area contributed by atoms with E-state index in [0.29, 0.717) is 54.0 Å². The van der Waals surface area contributed by atoms with Crippen molar-refractivity contribution in [3.63, 3.8) is 0 Å². The van der Waals surface area contributed by atoms with Crippen LogP contribution in [0, 0.1) is 0 Å². The molecule has 2 aromatic rings. The number of hydrogen-bond donors (Lipinski definition) is 2. The molecule has 2 N–H and O–H groups in total. The highest BCUT2D eigenvalue weighted by molar-refractivity contribution is 7.80. The number of ether oxygens (including phenoxy) is 1. The van der Waals surface area contributed by atoms with Crippen molar-refractivity contribution >= 4 is 52.1 Å². The van der Waals surface area contributed by atoms with Gasteiger partial charge in [0.15, 0.2) is 5.11 Å². The molecule has 3 rings (SSSR count). The summed E-state index contributed by atoms with van der Waals surface area (Å²) < 4.78 is 5.32. The maximum atomic E-state index is 13.0. The van der Waals surface area contributed by atoms with E-state index in [4.69, 9.17) is 28.6 Å². The molecule has 0 atom stereocenters. The van der Waals surface area contributed by atoms with E-state index >= 15 is 0 Å². The van der Waals surface area contributed by atoms with Crippen LogP contribution in [-0.2, 0) is 4.79 Å². The van der Waals surface area contributed by atoms with Crippen LogP contribution in [0.1, 0.15) is 30.1 Å². The Labute approximate surface area is 198 Å². The lowest BCUT2D eigenvalue weighted by atomic mass is 10.1. The van der Waals surface area contributed by atoms with Gasteiger partial charge in [-0.2, -0.15) is 0 Å². The van der Waals surface area contributed by atoms with Crippen LogP contribution in [0.15, 0.2) is 42.5 Å². The lowest BCUT2D eigenvalue weighted by Crippen LogP contribution is -2.48. The molecule has 2 amide bonds. The van der Waals surface area contributed by atoms with Crippen LogP contribution in [0.2, 0.25) is 5.02 Å². The molecule has 1 aliphatic heterocycles. The average molecular weight is 475 g/mol. The summed E-state index contributed by atoms with van der Waals surface area (Å²) in [5.74, 6) is 0.348. The number of nitrogens with zero attached hydrogens (tertiary/aromatic N) is 2. The number of nitrogens with one attached hydrogen (secondary N) is 2. The molecule has 2 aromatic carbocycles. The first kappa shape index (κ1) is 23.8. The average Bonchev–Trinajstić information content (AvgIpc) is 2.79. The first-order chi connectivity index (χ1) is 15.4. The molecule has 1 heterocycles. The number of anilines is 2. The van der Waals surface area contributed by atoms with Crippen molar-refractivity contribution in [3.8, 4) is 5.75 Å². The zero-order valence-corrected chi connectivity index (χ0v) is 19.8. The molecule has 0 bridgehead atoms. The molecule has 7 nitrogen and oxygen atoms in total. The van der Waals surface area contributed by atoms with E-state index in [0.717, 1.165) is 17.8 Å². The van der Waals surface area contributed by atoms with Crippen LogP contribution >= 0.6 is 23.8 Å². The fourth-order valence-corrected chi connectivity index (χ4v) is 3.92. The summed E-state index contributed by atoms with van der Waals surface area (Å²) in [4.78, 5) is 28.6. The summed E-state index contributed by atoms with van der Waals surface area (Å²) in [7, 11) is 1.54. The Hall–Kier alpha value is -2.84. The smallest absolute Gasteiger partial charge is 0.257 e. The largest absolute Gasteiger partial charge is 0.496 e. The molecule has 1 saturated heterocycles. The monoisotopic (exact) mass is 474 g/mol. The van der Waals surface area contributed by atoms with Crippen molar-refractivity contribution < 1.29 is 14.3 Å². The topological polar surface area (TPSA) is 73.9 Å². The van der Waals surface area contributed by atoms with Crippen LogP contribution in [-0.4, -0.2) is 55.1 Å². The van der Waals surface area contributed by atoms with E-state index in [-0.39, 0.29) is 11.8 Å². The van der Waals surface area contributed by atoms with Crippen LogP contribution in [0.25, 0.3) is 0 Å². The lowest BCUT2D eigenvalue weighted by Gasteiger charge is -2.36. The third-order valence-electron chi connectivity index (χ3n) is 5.18. The molecular formula is C23H27ClN4O3S. The summed E-state index contributed by atoms with van der Waals surface area (Å²) in [5.41, 5.74) is 2.34. The van der Waals surface area contributed by atoms with Gasteiger partial charge in [0, 0.05) is 49.0 Å². The molecule has 32 heavy (non-hydrogen) atoms. The van der Waals surface area contributed by atoms with Gasteiger partial charge in [-0.25, -0.2) is 0 Å². The van der Waals surface area contributed by atoms with E-state index in [1.165, 1.54) is 0 Å². The normalized spacial score (nSPS) is 13.5. The van der Waals surface area contributed by atoms with E-state index in [1.54, 1.807) is 25.3 Å². The van der Waals surface area contributed by atoms with Gasteiger partial charge in [-0.05, 0) is 61.1 Å². The SMILES string of the molecule is CCCC(=O)NC(=S)Nc1ccc(N2CCN(C(=O)c3cc(Cl)ccc3OC)CC2)cc1. The molecule has 0 aliphatic carbocycles. The van der Waals surface area contributed by atoms with E-state index < -0.39 is 0 Å². The van der Waals surface area contributed by atoms with E-state index in [1.807, 2.05) is 36.1 Å². The highest BCUT2D eigenvalue weighted by Gasteiger charge is 2.24. The second-order valence-electron chi connectivity index (χ2n) is 7.42. The Morgan fingerprint density at radius 1 is 1.09 bits per heavy atom. The minimum absolute atomic E-state index is 0.0813. The third kappa shape index (κ3) is 6.11. The summed E-state index contributed by atoms with van der Waals surface area (Å²) >= 11 is 11.3. The number of halogens is 1. The molecule has 1 fully saturated rings. The summed E-state index contributed by atoms with van der Waals surface area (Å²) in [5, 5.41) is 6.48. The van der Waals surface area contributed by atoms with Crippen molar-refractivity contribution in [3.05, 3.63) is 53.1 Å². The third-order valence-corrected chi connectivity index (χ3v) is 5.62. The van der Waals surface area contributed by atoms with Crippen LogP contribution < -0.4 is 20.3 Å². The molecule has 0 spiro atoms. The van der Waals surface area contributed by atoms with Crippen molar-refractivity contribution in [2.75, 3.05) is 43.5 Å². The van der Waals surface area contributed by atoms with E-state index in [2.05, 4.69) is 15.5 Å². The zero-order valence-electron chi connectivity index (χ0n) is 18.2. The van der Waals surface area contributed by atoms with Gasteiger partial charge in [-0.3, -0.25) is 9.59 Å². The molecule has 0 radical (unpaired) electrons. The van der Waals surface area contributed by atoms with Crippen LogP contribution in [0.4, 0.5) is 11.4 Å². The first-order valence-corrected chi connectivity index (χ1v) is 11.3. The Balaban J connectivity index is 1.55. The molecule has 9 heteroatoms. The predicted molar refractivity (Wildman–Crippen MR) is 132 cm³/mol. The fraction of sp³-hybridized carbons (Fsp3) is 0.348. The summed E-state index contributed by atoms with van der Waals surface area (Å²) in [6.45, 7) is 4.57. The van der Waals surface area contributed by atoms with Gasteiger partial charge in [0.1, 0.15) is 5.75 Å². The number of rotatable bonds is 6. The minimum atomic E-state index is -0.0931. The Bertz CT molecular complexity index is 976. The zero-order chi connectivity index (χ0) is 23.1. The molecule has 1 aliphatic rings. The van der Waals surface area contributed by atoms with Gasteiger partial charge in [0.25, 0.3) is 5.91 Å². The molecule has 0 aromatic heterocycles. The first-order valence-electron chi connectivity index (χ1n) is 10.5. The van der Waals surface area contributed by atoms with Crippen LogP contribution in [0.5, 0.6) is 5.75 Å². The van der Waals surface area contributed by atoms with Gasteiger partial charge in [0.05, 0.1) is 12.7 Å². The number of hydrogen-bond acceptors (Lipinski definition) is 5. The maximum Gasteiger partial charge on any atom is 0.257 e. The Morgan fingerprint density at radius 3 is 2.41 bits per heavy atom. The number of amides is 2. The van der Waals surface area contributed by atoms with Gasteiger partial charge >= 0.3 is 0 Å². The fourth-order valence-electron chi connectivity index (χ4n) is 3.52. The van der Waals surface area contributed by atoms with Crippen molar-refractivity contribution in [2.24, 2.45) is 0 Å². The number of methoxy groups -OCH3 is 1. The standard InChI is InChI=1S/C23H27ClN4O3S/c1-3-4-21(29)26-23(32)25-17-6-8-18(9-7-17)27-11-13-28(14-12-27)22(30)19-15-16(24)5-10-20(19)31-2/h5-10,15H,3-4,11-14H2,1-2H3,(H2,25,26,29,32).